The fourth-order valence-electron chi connectivity index (χ4n) is 1.32. The molecule has 0 fully saturated rings. The van der Waals surface area contributed by atoms with E-state index in [0.29, 0.717) is 0 Å². The lowest BCUT2D eigenvalue weighted by atomic mass is 10.7. The van der Waals surface area contributed by atoms with E-state index in [1.165, 1.54) is 0 Å². The highest BCUT2D eigenvalue weighted by Crippen LogP contribution is 2.19. The van der Waals surface area contributed by atoms with Crippen LogP contribution in [0.2, 0.25) is 18.1 Å². The first-order chi connectivity index (χ1) is 6.24. The quantitative estimate of drug-likeness (QED) is 0.148. The van der Waals surface area contributed by atoms with Crippen LogP contribution in [0.3, 0.4) is 0 Å². The molecule has 0 amide bonds. The smallest absolute Gasteiger partial charge is 0.00493 e. The van der Waals surface area contributed by atoms with Crippen LogP contribution < -0.4 is 0 Å². The molecular formula is C10H15N2Si-. The lowest BCUT2D eigenvalue weighted by molar-refractivity contribution is 0.00667. The van der Waals surface area contributed by atoms with Crippen molar-refractivity contribution in [3.8, 4) is 0 Å². The van der Waals surface area contributed by atoms with Crippen LogP contribution >= 0.6 is 0 Å². The molecule has 0 rings (SSSR count). The van der Waals surface area contributed by atoms with Gasteiger partial charge in [-0.3, -0.25) is 0 Å². The Labute approximate surface area is 80.9 Å². The van der Waals surface area contributed by atoms with Gasteiger partial charge in [0, 0.05) is 0 Å². The minimum Gasteiger partial charge on any atom is -0.408 e. The third kappa shape index (κ3) is 3.83. The third-order valence-corrected chi connectivity index (χ3v) is 5.68. The van der Waals surface area contributed by atoms with Gasteiger partial charge >= 0.3 is 0 Å². The molecule has 0 aromatic rings. The van der Waals surface area contributed by atoms with Crippen LogP contribution in [0.25, 0.3) is 5.53 Å². The van der Waals surface area contributed by atoms with E-state index in [-0.39, 0.29) is 0 Å². The van der Waals surface area contributed by atoms with Gasteiger partial charge in [-0.05, 0) is 8.07 Å². The summed E-state index contributed by atoms with van der Waals surface area (Å²) < 4.78 is 0. The fourth-order valence-corrected chi connectivity index (χ4v) is 3.97. The second-order valence-electron chi connectivity index (χ2n) is 2.97. The predicted molar refractivity (Wildman–Crippen MR) is 59.4 cm³/mol. The largest absolute Gasteiger partial charge is 0.408 e. The van der Waals surface area contributed by atoms with Gasteiger partial charge in [-0.25, -0.2) is 0 Å². The monoisotopic (exact) mass is 191 g/mol. The molecule has 0 saturated carbocycles. The van der Waals surface area contributed by atoms with Crippen LogP contribution in [0.1, 0.15) is 0 Å². The predicted octanol–water partition coefficient (Wildman–Crippen LogP) is 2.71. The van der Waals surface area contributed by atoms with Gasteiger partial charge in [0.2, 0.25) is 0 Å². The fraction of sp³-hybridized carbons (Fsp3) is 0.300. The first-order valence-electron chi connectivity index (χ1n) is 4.18. The van der Waals surface area contributed by atoms with Gasteiger partial charge in [-0.15, -0.1) is 19.7 Å². The summed E-state index contributed by atoms with van der Waals surface area (Å²) in [6.07, 6.45) is 5.53. The Morgan fingerprint density at radius 2 is 1.46 bits per heavy atom. The highest BCUT2D eigenvalue weighted by Gasteiger charge is 2.19. The molecule has 0 aliphatic rings. The highest BCUT2D eigenvalue weighted by atomic mass is 28.3. The van der Waals surface area contributed by atoms with Crippen molar-refractivity contribution in [1.29, 1.82) is 0 Å². The molecule has 0 spiro atoms. The number of allylic oxidation sites excluding steroid dienone is 3. The molecule has 0 radical (unpaired) electrons. The Morgan fingerprint density at radius 3 is 1.69 bits per heavy atom. The summed E-state index contributed by atoms with van der Waals surface area (Å²) in [6, 6.07) is 2.53. The summed E-state index contributed by atoms with van der Waals surface area (Å²) in [5.74, 6) is 2.80. The maximum absolute atomic E-state index is 8.53. The van der Waals surface area contributed by atoms with Crippen molar-refractivity contribution in [2.24, 2.45) is 0 Å². The van der Waals surface area contributed by atoms with E-state index >= 15 is 0 Å². The number of hydrogen-bond donors (Lipinski definition) is 0. The molecule has 0 saturated heterocycles. The topological polar surface area (TPSA) is 36.4 Å². The van der Waals surface area contributed by atoms with Crippen molar-refractivity contribution < 1.29 is 4.79 Å². The molecule has 0 aromatic carbocycles. The van der Waals surface area contributed by atoms with Crippen LogP contribution in [0.15, 0.2) is 38.0 Å². The molecule has 2 nitrogen and oxygen atoms in total. The average Bonchev–Trinajstić information content (AvgIpc) is 2.06. The lowest BCUT2D eigenvalue weighted by Gasteiger charge is -2.28. The summed E-state index contributed by atoms with van der Waals surface area (Å²) in [5.41, 5.74) is 8.53. The molecule has 70 valence electrons. The van der Waals surface area contributed by atoms with Crippen LogP contribution in [0, 0.1) is 0 Å². The number of rotatable bonds is 7. The summed E-state index contributed by atoms with van der Waals surface area (Å²) in [4.78, 5) is 3.03. The van der Waals surface area contributed by atoms with E-state index in [4.69, 9.17) is 5.53 Å². The Hall–Kier alpha value is -1.18. The van der Waals surface area contributed by atoms with Crippen LogP contribution in [0.5, 0.6) is 0 Å². The molecule has 0 heterocycles. The van der Waals surface area contributed by atoms with Gasteiger partial charge in [-0.1, -0.05) is 42.2 Å². The van der Waals surface area contributed by atoms with E-state index in [9.17, 15) is 0 Å². The summed E-state index contributed by atoms with van der Waals surface area (Å²) in [7, 11) is -1.82. The van der Waals surface area contributed by atoms with Crippen molar-refractivity contribution >= 4 is 13.9 Å². The zero-order chi connectivity index (χ0) is 10.2. The van der Waals surface area contributed by atoms with Crippen molar-refractivity contribution in [1.82, 2.24) is 0 Å². The Bertz CT molecular complexity index is 213. The summed E-state index contributed by atoms with van der Waals surface area (Å²) in [6.45, 7) is 11.1. The summed E-state index contributed by atoms with van der Waals surface area (Å²) in [5, 5.41) is 0. The van der Waals surface area contributed by atoms with Gasteiger partial charge in [0.25, 0.3) is 0 Å². The van der Waals surface area contributed by atoms with Crippen LogP contribution in [0.4, 0.5) is 0 Å². The van der Waals surface area contributed by atoms with E-state index in [0.717, 1.165) is 18.1 Å². The highest BCUT2D eigenvalue weighted by molar-refractivity contribution is 7.02. The SMILES string of the molecule is C=CC[Si]([C-]=[N+]=[N-])(CC=C)CC=C. The van der Waals surface area contributed by atoms with E-state index < -0.39 is 8.07 Å². The average molecular weight is 191 g/mol. The first kappa shape index (κ1) is 11.8. The molecule has 13 heavy (non-hydrogen) atoms. The number of hydrogen-bond acceptors (Lipinski definition) is 0. The zero-order valence-electron chi connectivity index (χ0n) is 7.87. The Balaban J connectivity index is 4.75. The van der Waals surface area contributed by atoms with Crippen molar-refractivity contribution in [3.05, 3.63) is 43.5 Å². The Kier molecular flexibility index (Phi) is 5.77. The second-order valence-corrected chi connectivity index (χ2v) is 6.98. The molecule has 0 aliphatic carbocycles. The van der Waals surface area contributed by atoms with E-state index in [1.807, 2.05) is 18.2 Å². The minimum atomic E-state index is -1.82. The molecule has 0 aromatic heterocycles. The van der Waals surface area contributed by atoms with Gasteiger partial charge in [0.05, 0.1) is 0 Å². The van der Waals surface area contributed by atoms with E-state index in [2.05, 4.69) is 30.4 Å². The minimum absolute atomic E-state index is 0.842. The maximum atomic E-state index is 8.53. The number of nitrogens with zero attached hydrogens (tertiary/aromatic N) is 2. The van der Waals surface area contributed by atoms with E-state index in [1.54, 1.807) is 0 Å². The van der Waals surface area contributed by atoms with Gasteiger partial charge in [0.1, 0.15) is 0 Å². The third-order valence-electron chi connectivity index (χ3n) is 1.89. The standard InChI is InChI=1S/C10H15N2Si/c1-4-7-13(8-5-2,9-6-3)10-12-11/h4-6H,1-3,7-9H2/q-1. The maximum Gasteiger partial charge on any atom is -0.00493 e. The van der Waals surface area contributed by atoms with Crippen molar-refractivity contribution in [2.45, 2.75) is 18.1 Å². The van der Waals surface area contributed by atoms with Gasteiger partial charge in [-0.2, -0.15) is 0 Å². The molecule has 0 N–H and O–H groups in total. The molecule has 0 bridgehead atoms. The van der Waals surface area contributed by atoms with Crippen molar-refractivity contribution in [2.75, 3.05) is 0 Å². The zero-order valence-corrected chi connectivity index (χ0v) is 8.87. The molecular weight excluding hydrogens is 176 g/mol. The Morgan fingerprint density at radius 1 is 1.08 bits per heavy atom. The van der Waals surface area contributed by atoms with Gasteiger partial charge in [0.15, 0.2) is 0 Å². The summed E-state index contributed by atoms with van der Waals surface area (Å²) >= 11 is 0. The normalized spacial score (nSPS) is 9.85. The van der Waals surface area contributed by atoms with Gasteiger partial charge < -0.3 is 10.3 Å². The lowest BCUT2D eigenvalue weighted by Crippen LogP contribution is -2.35. The molecule has 3 heteroatoms. The molecule has 0 atom stereocenters. The van der Waals surface area contributed by atoms with Crippen molar-refractivity contribution in [3.63, 3.8) is 0 Å². The van der Waals surface area contributed by atoms with Crippen LogP contribution in [-0.4, -0.2) is 18.7 Å². The van der Waals surface area contributed by atoms with Crippen LogP contribution in [-0.2, 0) is 0 Å². The molecule has 0 unspecified atom stereocenters. The molecule has 0 aliphatic heterocycles. The first-order valence-corrected chi connectivity index (χ1v) is 6.81. The second kappa shape index (κ2) is 6.35.